The summed E-state index contributed by atoms with van der Waals surface area (Å²) in [6, 6.07) is 10.2. The lowest BCUT2D eigenvalue weighted by Crippen LogP contribution is -1.94. The van der Waals surface area contributed by atoms with Gasteiger partial charge in [0.25, 0.3) is 0 Å². The lowest BCUT2D eigenvalue weighted by molar-refractivity contribution is 0.111. The zero-order valence-electron chi connectivity index (χ0n) is 8.56. The third kappa shape index (κ3) is 2.31. The minimum absolute atomic E-state index is 0.0911. The smallest absolute Gasteiger partial charge is 0.153 e. The Balaban J connectivity index is 2.26. The number of rotatable bonds is 3. The van der Waals surface area contributed by atoms with E-state index in [-0.39, 0.29) is 5.56 Å². The van der Waals surface area contributed by atoms with Crippen LogP contribution in [0, 0.1) is 5.82 Å². The van der Waals surface area contributed by atoms with E-state index in [2.05, 4.69) is 4.98 Å². The Labute approximate surface area is 92.8 Å². The zero-order valence-corrected chi connectivity index (χ0v) is 8.56. The third-order valence-electron chi connectivity index (χ3n) is 2.30. The van der Waals surface area contributed by atoms with Crippen LogP contribution in [0.3, 0.4) is 0 Å². The second-order valence-electron chi connectivity index (χ2n) is 3.47. The maximum Gasteiger partial charge on any atom is 0.153 e. The van der Waals surface area contributed by atoms with Crippen molar-refractivity contribution in [2.24, 2.45) is 0 Å². The van der Waals surface area contributed by atoms with Gasteiger partial charge in [0.15, 0.2) is 6.29 Å². The fraction of sp³-hybridized carbons (Fsp3) is 0.0769. The van der Waals surface area contributed by atoms with Crippen molar-refractivity contribution in [2.45, 2.75) is 6.42 Å². The molecule has 80 valence electrons. The fourth-order valence-electron chi connectivity index (χ4n) is 1.51. The highest BCUT2D eigenvalue weighted by molar-refractivity contribution is 5.75. The Kier molecular flexibility index (Phi) is 3.05. The number of aromatic nitrogens is 1. The van der Waals surface area contributed by atoms with Crippen LogP contribution in [0.5, 0.6) is 0 Å². The molecule has 0 fully saturated rings. The summed E-state index contributed by atoms with van der Waals surface area (Å²) >= 11 is 0. The van der Waals surface area contributed by atoms with Gasteiger partial charge in [-0.1, -0.05) is 12.1 Å². The maximum absolute atomic E-state index is 13.1. The fourth-order valence-corrected chi connectivity index (χ4v) is 1.51. The van der Waals surface area contributed by atoms with Crippen molar-refractivity contribution >= 4 is 6.29 Å². The van der Waals surface area contributed by atoms with E-state index < -0.39 is 5.82 Å². The third-order valence-corrected chi connectivity index (χ3v) is 2.30. The second-order valence-corrected chi connectivity index (χ2v) is 3.47. The van der Waals surface area contributed by atoms with Crippen LogP contribution >= 0.6 is 0 Å². The van der Waals surface area contributed by atoms with Crippen LogP contribution in [0.25, 0.3) is 0 Å². The Morgan fingerprint density at radius 3 is 2.81 bits per heavy atom. The highest BCUT2D eigenvalue weighted by Gasteiger charge is 2.03. The molecule has 16 heavy (non-hydrogen) atoms. The van der Waals surface area contributed by atoms with E-state index >= 15 is 0 Å². The number of hydrogen-bond acceptors (Lipinski definition) is 2. The molecule has 0 aliphatic rings. The quantitative estimate of drug-likeness (QED) is 0.737. The summed E-state index contributed by atoms with van der Waals surface area (Å²) in [5.74, 6) is -0.486. The largest absolute Gasteiger partial charge is 0.298 e. The molecule has 0 bridgehead atoms. The Morgan fingerprint density at radius 2 is 2.12 bits per heavy atom. The number of aldehydes is 1. The molecule has 0 saturated heterocycles. The number of benzene rings is 1. The van der Waals surface area contributed by atoms with E-state index in [0.29, 0.717) is 12.7 Å². The standard InChI is InChI=1S/C13H10FNO/c14-13-5-4-10(7-11(13)9-16)8-12-3-1-2-6-15-12/h1-7,9H,8H2. The van der Waals surface area contributed by atoms with Crippen molar-refractivity contribution in [1.82, 2.24) is 4.98 Å². The lowest BCUT2D eigenvalue weighted by atomic mass is 10.1. The summed E-state index contributed by atoms with van der Waals surface area (Å²) in [6.45, 7) is 0. The van der Waals surface area contributed by atoms with E-state index in [1.165, 1.54) is 6.07 Å². The van der Waals surface area contributed by atoms with E-state index in [1.54, 1.807) is 18.3 Å². The van der Waals surface area contributed by atoms with Crippen molar-refractivity contribution in [3.63, 3.8) is 0 Å². The van der Waals surface area contributed by atoms with Crippen LogP contribution < -0.4 is 0 Å². The van der Waals surface area contributed by atoms with Crippen LogP contribution in [0.15, 0.2) is 42.6 Å². The monoisotopic (exact) mass is 215 g/mol. The van der Waals surface area contributed by atoms with Crippen molar-refractivity contribution in [3.8, 4) is 0 Å². The molecule has 0 spiro atoms. The molecule has 3 heteroatoms. The zero-order chi connectivity index (χ0) is 11.4. The molecule has 2 aromatic rings. The summed E-state index contributed by atoms with van der Waals surface area (Å²) in [5.41, 5.74) is 1.86. The molecular formula is C13H10FNO. The van der Waals surface area contributed by atoms with Gasteiger partial charge in [-0.05, 0) is 29.8 Å². The van der Waals surface area contributed by atoms with Crippen LogP contribution in [0.4, 0.5) is 4.39 Å². The number of hydrogen-bond donors (Lipinski definition) is 0. The number of halogens is 1. The number of pyridine rings is 1. The number of nitrogens with zero attached hydrogens (tertiary/aromatic N) is 1. The molecule has 0 N–H and O–H groups in total. The highest BCUT2D eigenvalue weighted by atomic mass is 19.1. The molecule has 1 heterocycles. The summed E-state index contributed by atoms with van der Waals surface area (Å²) in [6.07, 6.45) is 2.83. The van der Waals surface area contributed by atoms with Gasteiger partial charge in [0.2, 0.25) is 0 Å². The molecule has 0 aliphatic heterocycles. The first-order valence-electron chi connectivity index (χ1n) is 4.93. The first kappa shape index (κ1) is 10.5. The number of carbonyl (C=O) groups is 1. The highest BCUT2D eigenvalue weighted by Crippen LogP contribution is 2.11. The van der Waals surface area contributed by atoms with Crippen molar-refractivity contribution in [1.29, 1.82) is 0 Å². The topological polar surface area (TPSA) is 30.0 Å². The first-order valence-corrected chi connectivity index (χ1v) is 4.93. The van der Waals surface area contributed by atoms with Crippen LogP contribution in [-0.4, -0.2) is 11.3 Å². The van der Waals surface area contributed by atoms with Gasteiger partial charge in [-0.15, -0.1) is 0 Å². The second kappa shape index (κ2) is 4.66. The molecule has 0 radical (unpaired) electrons. The molecular weight excluding hydrogens is 205 g/mol. The SMILES string of the molecule is O=Cc1cc(Cc2ccccn2)ccc1F. The van der Waals surface area contributed by atoms with Gasteiger partial charge < -0.3 is 0 Å². The molecule has 0 aliphatic carbocycles. The van der Waals surface area contributed by atoms with Gasteiger partial charge in [0.05, 0.1) is 5.56 Å². The van der Waals surface area contributed by atoms with Crippen LogP contribution in [-0.2, 0) is 6.42 Å². The van der Waals surface area contributed by atoms with E-state index in [4.69, 9.17) is 0 Å². The minimum Gasteiger partial charge on any atom is -0.298 e. The van der Waals surface area contributed by atoms with Crippen molar-refractivity contribution < 1.29 is 9.18 Å². The lowest BCUT2D eigenvalue weighted by Gasteiger charge is -2.02. The van der Waals surface area contributed by atoms with Crippen LogP contribution in [0.1, 0.15) is 21.6 Å². The molecule has 1 aromatic heterocycles. The molecule has 2 nitrogen and oxygen atoms in total. The normalized spacial score (nSPS) is 10.1. The van der Waals surface area contributed by atoms with Gasteiger partial charge in [-0.25, -0.2) is 4.39 Å². The van der Waals surface area contributed by atoms with E-state index in [9.17, 15) is 9.18 Å². The maximum atomic E-state index is 13.1. The summed E-state index contributed by atoms with van der Waals surface area (Å²) in [5, 5.41) is 0. The molecule has 0 atom stereocenters. The van der Waals surface area contributed by atoms with Crippen molar-refractivity contribution in [3.05, 3.63) is 65.2 Å². The number of carbonyl (C=O) groups excluding carboxylic acids is 1. The predicted molar refractivity (Wildman–Crippen MR) is 58.8 cm³/mol. The van der Waals surface area contributed by atoms with Crippen LogP contribution in [0.2, 0.25) is 0 Å². The summed E-state index contributed by atoms with van der Waals surface area (Å²) in [4.78, 5) is 14.7. The predicted octanol–water partition coefficient (Wildman–Crippen LogP) is 2.62. The van der Waals surface area contributed by atoms with Gasteiger partial charge in [0.1, 0.15) is 5.82 Å². The van der Waals surface area contributed by atoms with Gasteiger partial charge in [-0.3, -0.25) is 9.78 Å². The molecule has 0 amide bonds. The van der Waals surface area contributed by atoms with E-state index in [0.717, 1.165) is 11.3 Å². The van der Waals surface area contributed by atoms with E-state index in [1.807, 2.05) is 18.2 Å². The average molecular weight is 215 g/mol. The Hall–Kier alpha value is -2.03. The average Bonchev–Trinajstić information content (AvgIpc) is 2.33. The minimum atomic E-state index is -0.486. The molecule has 1 aromatic carbocycles. The molecule has 0 unspecified atom stereocenters. The van der Waals surface area contributed by atoms with Gasteiger partial charge in [-0.2, -0.15) is 0 Å². The van der Waals surface area contributed by atoms with Gasteiger partial charge >= 0.3 is 0 Å². The summed E-state index contributed by atoms with van der Waals surface area (Å²) < 4.78 is 13.1. The molecule has 0 saturated carbocycles. The molecule has 2 rings (SSSR count). The van der Waals surface area contributed by atoms with Crippen molar-refractivity contribution in [2.75, 3.05) is 0 Å². The van der Waals surface area contributed by atoms with Gasteiger partial charge in [0, 0.05) is 18.3 Å². The Morgan fingerprint density at radius 1 is 1.25 bits per heavy atom. The Bertz CT molecular complexity index is 497. The first-order chi connectivity index (χ1) is 7.79. The summed E-state index contributed by atoms with van der Waals surface area (Å²) in [7, 11) is 0.